The number of hydrogen-bond donors (Lipinski definition) is 1. The summed E-state index contributed by atoms with van der Waals surface area (Å²) in [5, 5.41) is 0. The quantitative estimate of drug-likeness (QED) is 0.699. The van der Waals surface area contributed by atoms with E-state index in [-0.39, 0.29) is 18.6 Å². The molecule has 0 aromatic heterocycles. The second-order valence-corrected chi connectivity index (χ2v) is 5.97. The van der Waals surface area contributed by atoms with Crippen molar-refractivity contribution in [2.45, 2.75) is 25.4 Å². The molecule has 0 radical (unpaired) electrons. The van der Waals surface area contributed by atoms with Crippen LogP contribution in [-0.4, -0.2) is 67.6 Å². The van der Waals surface area contributed by atoms with Crippen molar-refractivity contribution in [3.63, 3.8) is 0 Å². The number of carbonyl (C=O) groups is 2. The van der Waals surface area contributed by atoms with E-state index in [1.54, 1.807) is 4.90 Å². The fraction of sp³-hybridized carbons (Fsp3) is 0.733. The first-order valence-electron chi connectivity index (χ1n) is 7.57. The van der Waals surface area contributed by atoms with Crippen LogP contribution >= 0.6 is 0 Å². The van der Waals surface area contributed by atoms with Gasteiger partial charge in [-0.15, -0.1) is 0 Å². The summed E-state index contributed by atoms with van der Waals surface area (Å²) in [4.78, 5) is 27.3. The lowest BCUT2D eigenvalue weighted by Crippen LogP contribution is -2.49. The van der Waals surface area contributed by atoms with Crippen molar-refractivity contribution in [2.24, 2.45) is 11.7 Å². The van der Waals surface area contributed by atoms with Crippen molar-refractivity contribution in [1.82, 2.24) is 9.80 Å². The molecule has 0 bridgehead atoms. The van der Waals surface area contributed by atoms with Crippen LogP contribution in [0.25, 0.3) is 0 Å². The lowest BCUT2D eigenvalue weighted by molar-refractivity contribution is -0.138. The van der Waals surface area contributed by atoms with Gasteiger partial charge in [0.1, 0.15) is 0 Å². The molecule has 1 heterocycles. The molecular weight excluding hydrogens is 270 g/mol. The van der Waals surface area contributed by atoms with Gasteiger partial charge in [-0.05, 0) is 25.8 Å². The Morgan fingerprint density at radius 1 is 1.48 bits per heavy atom. The molecule has 2 rings (SSSR count). The van der Waals surface area contributed by atoms with Gasteiger partial charge in [0.25, 0.3) is 0 Å². The van der Waals surface area contributed by atoms with Gasteiger partial charge in [-0.25, -0.2) is 0 Å². The average Bonchev–Trinajstić information content (AvgIpc) is 2.90. The fourth-order valence-corrected chi connectivity index (χ4v) is 2.88. The summed E-state index contributed by atoms with van der Waals surface area (Å²) in [6.45, 7) is 2.73. The van der Waals surface area contributed by atoms with Crippen molar-refractivity contribution in [1.29, 1.82) is 0 Å². The van der Waals surface area contributed by atoms with Crippen molar-refractivity contribution in [3.8, 4) is 0 Å². The lowest BCUT2D eigenvalue weighted by Gasteiger charge is -2.33. The van der Waals surface area contributed by atoms with Gasteiger partial charge in [0.05, 0.1) is 19.3 Å². The Morgan fingerprint density at radius 2 is 2.29 bits per heavy atom. The van der Waals surface area contributed by atoms with Crippen LogP contribution in [0.2, 0.25) is 0 Å². The minimum Gasteiger partial charge on any atom is -0.374 e. The highest BCUT2D eigenvalue weighted by Crippen LogP contribution is 2.21. The van der Waals surface area contributed by atoms with Crippen LogP contribution in [0.5, 0.6) is 0 Å². The summed E-state index contributed by atoms with van der Waals surface area (Å²) >= 11 is 0. The number of rotatable bonds is 6. The number of nitrogens with two attached hydrogens (primary N) is 1. The van der Waals surface area contributed by atoms with E-state index in [4.69, 9.17) is 10.5 Å². The van der Waals surface area contributed by atoms with E-state index in [1.165, 1.54) is 0 Å². The predicted molar refractivity (Wildman–Crippen MR) is 79.5 cm³/mol. The molecule has 6 nitrogen and oxygen atoms in total. The molecule has 0 unspecified atom stereocenters. The standard InChI is InChI=1S/C15H25N3O3/c1-17-6-7-21-13(9-17)10-18(11-14(16)19)15(20)8-12-4-2-3-5-12/h2,4,12-13H,3,5-11H2,1H3,(H2,16,19)/t12-,13+/m0/s1. The molecule has 0 aromatic rings. The smallest absolute Gasteiger partial charge is 0.237 e. The van der Waals surface area contributed by atoms with Gasteiger partial charge in [-0.3, -0.25) is 9.59 Å². The molecule has 1 aliphatic heterocycles. The Hall–Kier alpha value is -1.40. The molecule has 0 saturated carbocycles. The Labute approximate surface area is 125 Å². The monoisotopic (exact) mass is 295 g/mol. The number of hydrogen-bond acceptors (Lipinski definition) is 4. The number of allylic oxidation sites excluding steroid dienone is 2. The number of likely N-dealkylation sites (N-methyl/N-ethyl adjacent to an activating group) is 1. The molecule has 21 heavy (non-hydrogen) atoms. The highest BCUT2D eigenvalue weighted by Gasteiger charge is 2.26. The lowest BCUT2D eigenvalue weighted by atomic mass is 10.0. The van der Waals surface area contributed by atoms with Crippen LogP contribution in [0.1, 0.15) is 19.3 Å². The average molecular weight is 295 g/mol. The zero-order valence-electron chi connectivity index (χ0n) is 12.7. The van der Waals surface area contributed by atoms with Gasteiger partial charge in [-0.1, -0.05) is 12.2 Å². The van der Waals surface area contributed by atoms with Crippen LogP contribution in [0, 0.1) is 5.92 Å². The number of amides is 2. The predicted octanol–water partition coefficient (Wildman–Crippen LogP) is -0.0128. The second-order valence-electron chi connectivity index (χ2n) is 5.97. The van der Waals surface area contributed by atoms with E-state index in [0.29, 0.717) is 25.5 Å². The number of ether oxygens (including phenoxy) is 1. The number of carbonyl (C=O) groups excluding carboxylic acids is 2. The van der Waals surface area contributed by atoms with E-state index >= 15 is 0 Å². The van der Waals surface area contributed by atoms with Gasteiger partial charge in [-0.2, -0.15) is 0 Å². The number of morpholine rings is 1. The maximum absolute atomic E-state index is 12.4. The van der Waals surface area contributed by atoms with Crippen LogP contribution in [0.4, 0.5) is 0 Å². The third kappa shape index (κ3) is 5.13. The van der Waals surface area contributed by atoms with Crippen molar-refractivity contribution in [3.05, 3.63) is 12.2 Å². The number of nitrogens with zero attached hydrogens (tertiary/aromatic N) is 2. The minimum atomic E-state index is -0.477. The van der Waals surface area contributed by atoms with Crippen LogP contribution < -0.4 is 5.73 Å². The minimum absolute atomic E-state index is 0.0119. The van der Waals surface area contributed by atoms with E-state index in [9.17, 15) is 9.59 Å². The normalized spacial score (nSPS) is 26.0. The van der Waals surface area contributed by atoms with Crippen molar-refractivity contribution < 1.29 is 14.3 Å². The largest absolute Gasteiger partial charge is 0.374 e. The third-order valence-corrected chi connectivity index (χ3v) is 4.01. The Bertz CT molecular complexity index is 411. The first-order chi connectivity index (χ1) is 10.0. The van der Waals surface area contributed by atoms with Gasteiger partial charge < -0.3 is 20.3 Å². The zero-order chi connectivity index (χ0) is 15.2. The van der Waals surface area contributed by atoms with Crippen LogP contribution in [0.15, 0.2) is 12.2 Å². The molecule has 2 N–H and O–H groups in total. The molecule has 2 amide bonds. The molecule has 1 fully saturated rings. The van der Waals surface area contributed by atoms with Crippen molar-refractivity contribution in [2.75, 3.05) is 39.8 Å². The maximum atomic E-state index is 12.4. The first kappa shape index (κ1) is 16.0. The Kier molecular flexibility index (Phi) is 5.76. The SMILES string of the molecule is CN1CCO[C@@H](CN(CC(N)=O)C(=O)C[C@H]2C=CCC2)C1. The molecule has 1 aliphatic carbocycles. The highest BCUT2D eigenvalue weighted by molar-refractivity contribution is 5.84. The van der Waals surface area contributed by atoms with Gasteiger partial charge in [0.2, 0.25) is 11.8 Å². The van der Waals surface area contributed by atoms with Crippen LogP contribution in [-0.2, 0) is 14.3 Å². The summed E-state index contributed by atoms with van der Waals surface area (Å²) in [5.41, 5.74) is 5.27. The molecule has 118 valence electrons. The summed E-state index contributed by atoms with van der Waals surface area (Å²) in [5.74, 6) is -0.195. The molecule has 2 aliphatic rings. The topological polar surface area (TPSA) is 75.9 Å². The molecular formula is C15H25N3O3. The van der Waals surface area contributed by atoms with Gasteiger partial charge >= 0.3 is 0 Å². The molecule has 1 saturated heterocycles. The van der Waals surface area contributed by atoms with Crippen molar-refractivity contribution >= 4 is 11.8 Å². The Morgan fingerprint density at radius 3 is 2.90 bits per heavy atom. The molecule has 2 atom stereocenters. The summed E-state index contributed by atoms with van der Waals surface area (Å²) in [7, 11) is 2.03. The van der Waals surface area contributed by atoms with Gasteiger partial charge in [0, 0.05) is 26.1 Å². The first-order valence-corrected chi connectivity index (χ1v) is 7.57. The summed E-state index contributed by atoms with van der Waals surface area (Å²) < 4.78 is 5.68. The van der Waals surface area contributed by atoms with Gasteiger partial charge in [0.15, 0.2) is 0 Å². The molecule has 6 heteroatoms. The number of primary amides is 1. The Balaban J connectivity index is 1.90. The fourth-order valence-electron chi connectivity index (χ4n) is 2.88. The van der Waals surface area contributed by atoms with E-state index in [2.05, 4.69) is 17.1 Å². The highest BCUT2D eigenvalue weighted by atomic mass is 16.5. The van der Waals surface area contributed by atoms with E-state index < -0.39 is 5.91 Å². The molecule has 0 aromatic carbocycles. The summed E-state index contributed by atoms with van der Waals surface area (Å²) in [6, 6.07) is 0. The second kappa shape index (κ2) is 7.56. The maximum Gasteiger partial charge on any atom is 0.237 e. The van der Waals surface area contributed by atoms with Crippen LogP contribution in [0.3, 0.4) is 0 Å². The molecule has 0 spiro atoms. The third-order valence-electron chi connectivity index (χ3n) is 4.01. The van der Waals surface area contributed by atoms with E-state index in [1.807, 2.05) is 7.05 Å². The zero-order valence-corrected chi connectivity index (χ0v) is 12.7. The van der Waals surface area contributed by atoms with E-state index in [0.717, 1.165) is 25.9 Å². The summed E-state index contributed by atoms with van der Waals surface area (Å²) in [6.07, 6.45) is 6.64.